The number of aryl methyl sites for hydroxylation is 1. The summed E-state index contributed by atoms with van der Waals surface area (Å²) >= 11 is 7.97. The summed E-state index contributed by atoms with van der Waals surface area (Å²) in [5.74, 6) is -0.324. The molecule has 0 radical (unpaired) electrons. The predicted molar refractivity (Wildman–Crippen MR) is 120 cm³/mol. The summed E-state index contributed by atoms with van der Waals surface area (Å²) in [6.45, 7) is 2.06. The Morgan fingerprint density at radius 2 is 2.13 bits per heavy atom. The predicted octanol–water partition coefficient (Wildman–Crippen LogP) is 5.18. The number of nitrogens with two attached hydrogens (primary N) is 1. The minimum atomic E-state index is -0.529. The first-order valence-electron chi connectivity index (χ1n) is 9.86. The number of thiophene rings is 1. The Morgan fingerprint density at radius 1 is 1.35 bits per heavy atom. The van der Waals surface area contributed by atoms with Crippen molar-refractivity contribution in [3.8, 4) is 6.07 Å². The van der Waals surface area contributed by atoms with Crippen molar-refractivity contribution in [3.05, 3.63) is 77.9 Å². The zero-order valence-electron chi connectivity index (χ0n) is 16.7. The van der Waals surface area contributed by atoms with Gasteiger partial charge in [0, 0.05) is 39.6 Å². The van der Waals surface area contributed by atoms with Crippen molar-refractivity contribution in [2.45, 2.75) is 38.5 Å². The van der Waals surface area contributed by atoms with Gasteiger partial charge >= 0.3 is 0 Å². The van der Waals surface area contributed by atoms with Gasteiger partial charge in [0.1, 0.15) is 5.82 Å². The highest BCUT2D eigenvalue weighted by atomic mass is 35.5. The van der Waals surface area contributed by atoms with Gasteiger partial charge in [-0.15, -0.1) is 11.3 Å². The molecule has 1 atom stereocenters. The number of nitro benzene ring substituents is 1. The van der Waals surface area contributed by atoms with Crippen molar-refractivity contribution >= 4 is 40.1 Å². The molecule has 2 aromatic rings. The standard InChI is InChI=1S/C22H19ClN4O3S/c1-2-13-7-9-19(31-13)20-14(11-24)22(25)26(17-4-3-5-18(28)21(17)20)16-8-6-12(27(29)30)10-15(16)23/h6-10,20H,2-5,25H2,1H3/t20-/m0/s1. The molecule has 2 N–H and O–H groups in total. The Morgan fingerprint density at radius 3 is 2.74 bits per heavy atom. The highest BCUT2D eigenvalue weighted by Gasteiger charge is 2.41. The molecule has 1 aliphatic heterocycles. The SMILES string of the molecule is CCc1ccc([C@@H]2C(C#N)=C(N)N(c3ccc([N+](=O)[O-])cc3Cl)C3=C2C(=O)CCC3)s1. The third kappa shape index (κ3) is 3.50. The molecule has 1 aliphatic carbocycles. The van der Waals surface area contributed by atoms with Gasteiger partial charge < -0.3 is 5.73 Å². The first-order valence-corrected chi connectivity index (χ1v) is 11.1. The lowest BCUT2D eigenvalue weighted by Crippen LogP contribution is -2.38. The van der Waals surface area contributed by atoms with Crippen LogP contribution in [-0.2, 0) is 11.2 Å². The van der Waals surface area contributed by atoms with Gasteiger partial charge in [-0.05, 0) is 37.5 Å². The van der Waals surface area contributed by atoms with Crippen LogP contribution >= 0.6 is 22.9 Å². The van der Waals surface area contributed by atoms with Gasteiger partial charge in [0.05, 0.1) is 33.2 Å². The topological polar surface area (TPSA) is 113 Å². The van der Waals surface area contributed by atoms with Crippen LogP contribution in [0.25, 0.3) is 0 Å². The van der Waals surface area contributed by atoms with Crippen LogP contribution in [0.2, 0.25) is 5.02 Å². The molecule has 2 aliphatic rings. The fourth-order valence-corrected chi connectivity index (χ4v) is 5.51. The lowest BCUT2D eigenvalue weighted by atomic mass is 9.78. The monoisotopic (exact) mass is 454 g/mol. The van der Waals surface area contributed by atoms with Gasteiger partial charge in [-0.1, -0.05) is 18.5 Å². The number of hydrogen-bond acceptors (Lipinski definition) is 7. The average Bonchev–Trinajstić information content (AvgIpc) is 3.22. The summed E-state index contributed by atoms with van der Waals surface area (Å²) in [4.78, 5) is 27.4. The minimum Gasteiger partial charge on any atom is -0.384 e. The number of benzene rings is 1. The molecular formula is C22H19ClN4O3S. The Labute approximate surface area is 188 Å². The van der Waals surface area contributed by atoms with Crippen LogP contribution in [0.4, 0.5) is 11.4 Å². The summed E-state index contributed by atoms with van der Waals surface area (Å²) < 4.78 is 0. The first kappa shape index (κ1) is 21.1. The maximum absolute atomic E-state index is 13.1. The molecule has 9 heteroatoms. The van der Waals surface area contributed by atoms with Crippen molar-refractivity contribution in [1.82, 2.24) is 0 Å². The summed E-state index contributed by atoms with van der Waals surface area (Å²) in [6, 6.07) is 10.3. The Balaban J connectivity index is 1.94. The first-order chi connectivity index (χ1) is 14.9. The van der Waals surface area contributed by atoms with Gasteiger partial charge in [-0.3, -0.25) is 19.8 Å². The molecule has 0 fully saturated rings. The fraction of sp³-hybridized carbons (Fsp3) is 0.273. The lowest BCUT2D eigenvalue weighted by molar-refractivity contribution is -0.384. The smallest absolute Gasteiger partial charge is 0.271 e. The van der Waals surface area contributed by atoms with Crippen molar-refractivity contribution in [1.29, 1.82) is 5.26 Å². The highest BCUT2D eigenvalue weighted by Crippen LogP contribution is 2.48. The van der Waals surface area contributed by atoms with E-state index in [1.165, 1.54) is 18.2 Å². The Bertz CT molecular complexity index is 1210. The number of hydrogen-bond donors (Lipinski definition) is 1. The number of nitro groups is 1. The molecule has 1 aromatic heterocycles. The summed E-state index contributed by atoms with van der Waals surface area (Å²) in [5, 5.41) is 21.2. The van der Waals surface area contributed by atoms with Gasteiger partial charge in [-0.25, -0.2) is 0 Å². The van der Waals surface area contributed by atoms with Gasteiger partial charge in [0.15, 0.2) is 5.78 Å². The Kier molecular flexibility index (Phi) is 5.56. The van der Waals surface area contributed by atoms with Crippen molar-refractivity contribution in [3.63, 3.8) is 0 Å². The molecule has 0 saturated carbocycles. The summed E-state index contributed by atoms with van der Waals surface area (Å²) in [5.41, 5.74) is 8.33. The van der Waals surface area contributed by atoms with E-state index < -0.39 is 10.8 Å². The number of non-ortho nitro benzene ring substituents is 1. The van der Waals surface area contributed by atoms with E-state index in [9.17, 15) is 20.2 Å². The second kappa shape index (κ2) is 8.17. The molecule has 1 aromatic carbocycles. The molecule has 158 valence electrons. The third-order valence-electron chi connectivity index (χ3n) is 5.61. The zero-order valence-corrected chi connectivity index (χ0v) is 18.3. The molecule has 0 amide bonds. The normalized spacial score (nSPS) is 18.8. The number of Topliss-reactive ketones (excluding diaryl/α,β-unsaturated/α-hetero) is 1. The van der Waals surface area contributed by atoms with E-state index in [-0.39, 0.29) is 27.9 Å². The zero-order chi connectivity index (χ0) is 22.3. The molecule has 0 saturated heterocycles. The largest absolute Gasteiger partial charge is 0.384 e. The van der Waals surface area contributed by atoms with Gasteiger partial charge in [0.25, 0.3) is 5.69 Å². The summed E-state index contributed by atoms with van der Waals surface area (Å²) in [6.07, 6.45) is 2.52. The van der Waals surface area contributed by atoms with E-state index in [1.54, 1.807) is 16.2 Å². The van der Waals surface area contributed by atoms with Crippen molar-refractivity contribution < 1.29 is 9.72 Å². The number of ketones is 1. The van der Waals surface area contributed by atoms with E-state index in [1.807, 2.05) is 12.1 Å². The minimum absolute atomic E-state index is 0.0130. The number of allylic oxidation sites excluding steroid dienone is 3. The van der Waals surface area contributed by atoms with E-state index in [4.69, 9.17) is 17.3 Å². The second-order valence-electron chi connectivity index (χ2n) is 7.37. The van der Waals surface area contributed by atoms with Crippen molar-refractivity contribution in [2.24, 2.45) is 5.73 Å². The van der Waals surface area contributed by atoms with E-state index >= 15 is 0 Å². The quantitative estimate of drug-likeness (QED) is 0.503. The molecule has 2 heterocycles. The number of carbonyl (C=O) groups is 1. The molecule has 0 unspecified atom stereocenters. The number of nitrogens with zero attached hydrogens (tertiary/aromatic N) is 3. The van der Waals surface area contributed by atoms with Crippen LogP contribution in [0.5, 0.6) is 0 Å². The van der Waals surface area contributed by atoms with E-state index in [0.717, 1.165) is 16.2 Å². The third-order valence-corrected chi connectivity index (χ3v) is 7.21. The number of halogens is 1. The van der Waals surface area contributed by atoms with Gasteiger partial charge in [-0.2, -0.15) is 5.26 Å². The van der Waals surface area contributed by atoms with Crippen LogP contribution in [0, 0.1) is 21.4 Å². The van der Waals surface area contributed by atoms with Crippen LogP contribution in [0.15, 0.2) is 53.0 Å². The Hall–Kier alpha value is -3.15. The number of rotatable bonds is 4. The fourth-order valence-electron chi connectivity index (χ4n) is 4.18. The molecule has 4 rings (SSSR count). The number of anilines is 1. The van der Waals surface area contributed by atoms with Crippen molar-refractivity contribution in [2.75, 3.05) is 4.90 Å². The van der Waals surface area contributed by atoms with Crippen LogP contribution < -0.4 is 10.6 Å². The highest BCUT2D eigenvalue weighted by molar-refractivity contribution is 7.12. The van der Waals surface area contributed by atoms with Crippen LogP contribution in [0.3, 0.4) is 0 Å². The lowest BCUT2D eigenvalue weighted by Gasteiger charge is -2.39. The van der Waals surface area contributed by atoms with Crippen LogP contribution in [-0.4, -0.2) is 10.7 Å². The maximum atomic E-state index is 13.1. The van der Waals surface area contributed by atoms with E-state index in [0.29, 0.717) is 36.2 Å². The molecule has 31 heavy (non-hydrogen) atoms. The second-order valence-corrected chi connectivity index (χ2v) is 8.97. The van der Waals surface area contributed by atoms with Gasteiger partial charge in [0.2, 0.25) is 0 Å². The summed E-state index contributed by atoms with van der Waals surface area (Å²) in [7, 11) is 0. The molecule has 7 nitrogen and oxygen atoms in total. The maximum Gasteiger partial charge on any atom is 0.271 e. The molecule has 0 bridgehead atoms. The number of nitriles is 1. The average molecular weight is 455 g/mol. The van der Waals surface area contributed by atoms with Crippen LogP contribution in [0.1, 0.15) is 41.9 Å². The molecule has 0 spiro atoms. The number of carbonyl (C=O) groups excluding carboxylic acids is 1. The van der Waals surface area contributed by atoms with E-state index in [2.05, 4.69) is 13.0 Å². The molecular weight excluding hydrogens is 436 g/mol.